The number of furan rings is 1. The van der Waals surface area contributed by atoms with E-state index in [-0.39, 0.29) is 40.0 Å². The first-order chi connectivity index (χ1) is 17.4. The zero-order chi connectivity index (χ0) is 25.1. The number of Topliss-reactive ketones (excluding diaryl/α,β-unsaturated/α-hetero) is 1. The fraction of sp³-hybridized carbons (Fsp3) is 0.346. The summed E-state index contributed by atoms with van der Waals surface area (Å²) in [6.07, 6.45) is 6.36. The molecule has 2 aliphatic carbocycles. The molecule has 186 valence electrons. The number of esters is 1. The molecule has 0 amide bonds. The number of rotatable bonds is 4. The molecule has 36 heavy (non-hydrogen) atoms. The molecule has 3 unspecified atom stereocenters. The van der Waals surface area contributed by atoms with E-state index >= 15 is 0 Å². The van der Waals surface area contributed by atoms with Crippen LogP contribution in [0.15, 0.2) is 28.7 Å². The van der Waals surface area contributed by atoms with Crippen molar-refractivity contribution in [3.8, 4) is 23.1 Å². The molecule has 1 aliphatic heterocycles. The summed E-state index contributed by atoms with van der Waals surface area (Å²) in [5.74, 6) is 0.557. The minimum atomic E-state index is -0.846. The Bertz CT molecular complexity index is 1590. The zero-order valence-corrected chi connectivity index (χ0v) is 21.2. The predicted molar refractivity (Wildman–Crippen MR) is 134 cm³/mol. The molecule has 3 aromatic rings. The van der Waals surface area contributed by atoms with Crippen molar-refractivity contribution in [2.75, 3.05) is 14.2 Å². The van der Waals surface area contributed by atoms with Crippen molar-refractivity contribution in [1.82, 2.24) is 4.57 Å². The van der Waals surface area contributed by atoms with Gasteiger partial charge in [0.05, 0.1) is 24.7 Å². The van der Waals surface area contributed by atoms with E-state index in [0.29, 0.717) is 25.9 Å². The van der Waals surface area contributed by atoms with Gasteiger partial charge in [0.2, 0.25) is 17.4 Å². The minimum Gasteiger partial charge on any atom is -0.493 e. The first-order valence-corrected chi connectivity index (χ1v) is 12.9. The highest BCUT2D eigenvalue weighted by atomic mass is 32.1. The van der Waals surface area contributed by atoms with Gasteiger partial charge in [0.15, 0.2) is 21.0 Å². The van der Waals surface area contributed by atoms with Crippen LogP contribution in [0, 0.1) is 15.8 Å². The van der Waals surface area contributed by atoms with Gasteiger partial charge in [0, 0.05) is 12.1 Å². The Labute approximate surface area is 215 Å². The highest BCUT2D eigenvalue weighted by molar-refractivity contribution is 7.73. The van der Waals surface area contributed by atoms with Crippen LogP contribution in [0.1, 0.15) is 47.0 Å². The Kier molecular flexibility index (Phi) is 5.53. The third-order valence-electron chi connectivity index (χ3n) is 7.39. The third kappa shape index (κ3) is 3.50. The Morgan fingerprint density at radius 2 is 1.97 bits per heavy atom. The van der Waals surface area contributed by atoms with Gasteiger partial charge in [-0.05, 0) is 67.6 Å². The van der Waals surface area contributed by atoms with Gasteiger partial charge in [-0.3, -0.25) is 9.36 Å². The number of aromatic nitrogens is 1. The van der Waals surface area contributed by atoms with Crippen molar-refractivity contribution >= 4 is 47.0 Å². The van der Waals surface area contributed by atoms with E-state index in [1.807, 2.05) is 4.57 Å². The maximum atomic E-state index is 13.2. The minimum absolute atomic E-state index is 0.0144. The van der Waals surface area contributed by atoms with Crippen molar-refractivity contribution in [2.45, 2.75) is 31.7 Å². The van der Waals surface area contributed by atoms with Crippen LogP contribution in [0.3, 0.4) is 0 Å². The highest BCUT2D eigenvalue weighted by Gasteiger charge is 2.42. The van der Waals surface area contributed by atoms with Gasteiger partial charge in [-0.15, -0.1) is 11.3 Å². The molecule has 8 nitrogen and oxygen atoms in total. The molecule has 3 aliphatic rings. The number of hydrogen-bond donors (Lipinski definition) is 1. The fourth-order valence-corrected chi connectivity index (χ4v) is 7.13. The first kappa shape index (κ1) is 23.1. The lowest BCUT2D eigenvalue weighted by Gasteiger charge is -2.23. The van der Waals surface area contributed by atoms with Gasteiger partial charge in [0.25, 0.3) is 0 Å². The van der Waals surface area contributed by atoms with E-state index in [0.717, 1.165) is 12.3 Å². The summed E-state index contributed by atoms with van der Waals surface area (Å²) in [6.45, 7) is 0. The molecule has 10 heteroatoms. The lowest BCUT2D eigenvalue weighted by Crippen LogP contribution is -2.29. The number of fused-ring (bicyclic) bond motifs is 3. The molecule has 2 aromatic heterocycles. The number of nitrogens with zero attached hydrogens (tertiary/aromatic N) is 1. The number of hydrogen-bond acceptors (Lipinski definition) is 9. The van der Waals surface area contributed by atoms with Crippen molar-refractivity contribution in [2.24, 2.45) is 11.8 Å². The first-order valence-electron chi connectivity index (χ1n) is 11.7. The molecule has 0 saturated heterocycles. The second-order valence-electron chi connectivity index (χ2n) is 9.29. The topological polar surface area (TPSA) is 100 Å². The van der Waals surface area contributed by atoms with Gasteiger partial charge in [0.1, 0.15) is 10.8 Å². The van der Waals surface area contributed by atoms with Crippen molar-refractivity contribution < 1.29 is 33.3 Å². The van der Waals surface area contributed by atoms with E-state index in [4.69, 9.17) is 30.8 Å². The van der Waals surface area contributed by atoms with Gasteiger partial charge in [-0.25, -0.2) is 4.79 Å². The maximum absolute atomic E-state index is 13.2. The lowest BCUT2D eigenvalue weighted by molar-refractivity contribution is -0.128. The quantitative estimate of drug-likeness (QED) is 0.313. The third-order valence-corrected chi connectivity index (χ3v) is 8.73. The Balaban J connectivity index is 1.39. The second kappa shape index (κ2) is 8.63. The zero-order valence-electron chi connectivity index (χ0n) is 19.6. The van der Waals surface area contributed by atoms with Crippen LogP contribution in [-0.2, 0) is 4.79 Å². The van der Waals surface area contributed by atoms with E-state index in [1.165, 1.54) is 57.0 Å². The summed E-state index contributed by atoms with van der Waals surface area (Å²) in [4.78, 5) is 26.6. The largest absolute Gasteiger partial charge is 0.493 e. The Morgan fingerprint density at radius 3 is 2.67 bits per heavy atom. The van der Waals surface area contributed by atoms with Gasteiger partial charge < -0.3 is 23.7 Å². The van der Waals surface area contributed by atoms with Gasteiger partial charge in [-0.2, -0.15) is 0 Å². The smallest absolute Gasteiger partial charge is 0.351 e. The molecule has 2 saturated carbocycles. The molecule has 2 fully saturated rings. The molecule has 1 N–H and O–H groups in total. The maximum Gasteiger partial charge on any atom is 0.351 e. The summed E-state index contributed by atoms with van der Waals surface area (Å²) in [5, 5.41) is 11.0. The van der Waals surface area contributed by atoms with Crippen molar-refractivity contribution in [3.05, 3.63) is 49.5 Å². The molecule has 0 spiro atoms. The molecule has 3 heterocycles. The Morgan fingerprint density at radius 1 is 1.14 bits per heavy atom. The number of aromatic hydroxyl groups is 1. The summed E-state index contributed by atoms with van der Waals surface area (Å²) in [6, 6.07) is 6.50. The van der Waals surface area contributed by atoms with Crippen LogP contribution in [0.5, 0.6) is 23.1 Å². The second-order valence-corrected chi connectivity index (χ2v) is 11.0. The standard InChI is InChI=1S/C26H23NO7S2/c1-31-18-8-6-15-21(28)20(25(30)34-22(15)23(18)32-2)17-7-5-14(33-17)11-19-24(29)27(26(35)36-19)16-10-12-3-4-13(16)9-12/h5-8,11-13,16,29H,3-4,9-10H2,1-2H3. The highest BCUT2D eigenvalue weighted by Crippen LogP contribution is 2.52. The number of methoxy groups -OCH3 is 2. The number of benzene rings is 1. The average molecular weight is 526 g/mol. The van der Waals surface area contributed by atoms with Gasteiger partial charge in [-0.1, -0.05) is 6.42 Å². The van der Waals surface area contributed by atoms with Crippen molar-refractivity contribution in [3.63, 3.8) is 0 Å². The van der Waals surface area contributed by atoms with Crippen LogP contribution < -0.4 is 25.0 Å². The number of thiazole rings is 1. The van der Waals surface area contributed by atoms with E-state index in [2.05, 4.69) is 0 Å². The lowest BCUT2D eigenvalue weighted by atomic mass is 9.95. The van der Waals surface area contributed by atoms with Crippen LogP contribution >= 0.6 is 23.6 Å². The molecular weight excluding hydrogens is 502 g/mol. The van der Waals surface area contributed by atoms with Crippen LogP contribution in [0.25, 0.3) is 11.6 Å². The van der Waals surface area contributed by atoms with Crippen LogP contribution in [-0.4, -0.2) is 35.6 Å². The predicted octanol–water partition coefficient (Wildman–Crippen LogP) is 3.74. The monoisotopic (exact) mass is 525 g/mol. The Hall–Kier alpha value is -3.37. The summed E-state index contributed by atoms with van der Waals surface area (Å²) < 4.78 is 24.3. The van der Waals surface area contributed by atoms with Crippen LogP contribution in [0.4, 0.5) is 0 Å². The molecule has 3 atom stereocenters. The van der Waals surface area contributed by atoms with E-state index in [1.54, 1.807) is 18.2 Å². The number of ether oxygens (including phenoxy) is 3. The molecule has 2 bridgehead atoms. The summed E-state index contributed by atoms with van der Waals surface area (Å²) in [5.41, 5.74) is 0.406. The fourth-order valence-electron chi connectivity index (χ4n) is 5.76. The summed E-state index contributed by atoms with van der Waals surface area (Å²) in [7, 11) is 2.86. The van der Waals surface area contributed by atoms with Crippen molar-refractivity contribution in [1.29, 1.82) is 0 Å². The number of carbonyl (C=O) groups is 2. The van der Waals surface area contributed by atoms with E-state index in [9.17, 15) is 14.7 Å². The molecule has 0 radical (unpaired) electrons. The summed E-state index contributed by atoms with van der Waals surface area (Å²) >= 11 is 6.90. The van der Waals surface area contributed by atoms with E-state index < -0.39 is 11.8 Å². The number of ketones is 1. The SMILES string of the molecule is COc1ccc2c(c1OC)OC(=O)C(=c1ccc(=Cc3sc(=S)n(C4CC5CCC4C5)c3O)o1)C2=O. The van der Waals surface area contributed by atoms with Crippen LogP contribution in [0.2, 0.25) is 0 Å². The molecular formula is C26H23NO7S2. The average Bonchev–Trinajstić information content (AvgIpc) is 3.64. The normalized spacial score (nSPS) is 24.7. The molecule has 1 aromatic carbocycles. The number of carbonyl (C=O) groups excluding carboxylic acids is 2. The molecule has 6 rings (SSSR count). The van der Waals surface area contributed by atoms with Gasteiger partial charge >= 0.3 is 5.97 Å².